The van der Waals surface area contributed by atoms with Gasteiger partial charge in [-0.3, -0.25) is 9.59 Å². The molecular formula is C32H36N6O6. The summed E-state index contributed by atoms with van der Waals surface area (Å²) in [5, 5.41) is 14.1. The number of anilines is 2. The van der Waals surface area contributed by atoms with Crippen molar-refractivity contribution in [2.45, 2.75) is 63.8 Å². The van der Waals surface area contributed by atoms with Crippen LogP contribution >= 0.6 is 0 Å². The minimum absolute atomic E-state index is 0.0229. The van der Waals surface area contributed by atoms with Gasteiger partial charge in [0, 0.05) is 58.1 Å². The average Bonchev–Trinajstić information content (AvgIpc) is 3.56. The highest BCUT2D eigenvalue weighted by Gasteiger charge is 2.37. The molecule has 2 aromatic heterocycles. The van der Waals surface area contributed by atoms with Crippen LogP contribution in [0.3, 0.4) is 0 Å². The number of hydrogen-bond donors (Lipinski definition) is 6. The van der Waals surface area contributed by atoms with E-state index >= 15 is 0 Å². The van der Waals surface area contributed by atoms with Crippen molar-refractivity contribution < 1.29 is 28.7 Å². The van der Waals surface area contributed by atoms with Crippen LogP contribution in [0.1, 0.15) is 61.4 Å². The number of carbonyl (C=O) groups excluding carboxylic acids is 4. The molecule has 12 heteroatoms. The number of rotatable bonds is 10. The van der Waals surface area contributed by atoms with Gasteiger partial charge < -0.3 is 40.7 Å². The number of esters is 2. The minimum Gasteiger partial charge on any atom is -0.447 e. The maximum atomic E-state index is 13.3. The molecule has 2 aliphatic carbocycles. The lowest BCUT2D eigenvalue weighted by Crippen LogP contribution is -2.39. The maximum Gasteiger partial charge on any atom is 0.418 e. The van der Waals surface area contributed by atoms with Crippen molar-refractivity contribution in [2.24, 2.45) is 0 Å². The van der Waals surface area contributed by atoms with Crippen LogP contribution in [-0.2, 0) is 41.5 Å². The molecule has 2 heterocycles. The highest BCUT2D eigenvalue weighted by Crippen LogP contribution is 2.40. The summed E-state index contributed by atoms with van der Waals surface area (Å²) in [4.78, 5) is 55.3. The largest absolute Gasteiger partial charge is 0.447 e. The van der Waals surface area contributed by atoms with Crippen LogP contribution in [0.2, 0.25) is 0 Å². The van der Waals surface area contributed by atoms with Crippen molar-refractivity contribution in [3.63, 3.8) is 0 Å². The molecule has 0 saturated carbocycles. The molecule has 6 rings (SSSR count). The Morgan fingerprint density at radius 1 is 0.750 bits per heavy atom. The van der Waals surface area contributed by atoms with E-state index in [0.717, 1.165) is 57.4 Å². The molecule has 230 valence electrons. The van der Waals surface area contributed by atoms with Gasteiger partial charge in [0.1, 0.15) is 12.2 Å². The molecule has 2 amide bonds. The fraction of sp³-hybridized carbons (Fsp3) is 0.375. The normalized spacial score (nSPS) is 20.9. The van der Waals surface area contributed by atoms with Crippen molar-refractivity contribution in [1.82, 2.24) is 20.6 Å². The van der Waals surface area contributed by atoms with Crippen LogP contribution in [0.4, 0.5) is 11.4 Å². The highest BCUT2D eigenvalue weighted by atomic mass is 16.6. The number of ether oxygens (including phenoxy) is 2. The Labute approximate surface area is 253 Å². The van der Waals surface area contributed by atoms with Crippen molar-refractivity contribution in [3.05, 3.63) is 58.9 Å². The lowest BCUT2D eigenvalue weighted by molar-refractivity contribution is -0.176. The van der Waals surface area contributed by atoms with Gasteiger partial charge >= 0.3 is 11.9 Å². The third-order valence-electron chi connectivity index (χ3n) is 8.52. The second kappa shape index (κ2) is 12.5. The van der Waals surface area contributed by atoms with E-state index in [0.29, 0.717) is 49.9 Å². The van der Waals surface area contributed by atoms with Gasteiger partial charge in [-0.1, -0.05) is 13.8 Å². The molecule has 0 saturated heterocycles. The van der Waals surface area contributed by atoms with E-state index in [4.69, 9.17) is 9.47 Å². The summed E-state index contributed by atoms with van der Waals surface area (Å²) in [6.07, 6.45) is 2.26. The van der Waals surface area contributed by atoms with E-state index in [1.165, 1.54) is 0 Å². The zero-order valence-corrected chi connectivity index (χ0v) is 24.6. The van der Waals surface area contributed by atoms with E-state index in [-0.39, 0.29) is 12.1 Å². The number of H-pyrrole nitrogens is 2. The standard InChI is InChI=1S/C32H36N6O6/c1-3-33-19-11-23-21-9-17(35-15-39)5-7-25(21)37-29(23)27(13-19)43-31(41)32(42)44-28-14-20(34-4-2)12-24-22-10-18(36-16-40)6-8-26(22)38-30(24)28/h5-10,15-16,19-20,27-28,33-34,37-38H,3-4,11-14H2,1-2H3,(H,35,39)(H,36,40). The van der Waals surface area contributed by atoms with E-state index in [1.54, 1.807) is 12.1 Å². The number of amides is 2. The van der Waals surface area contributed by atoms with Gasteiger partial charge in [-0.15, -0.1) is 0 Å². The Bertz CT molecular complexity index is 1600. The zero-order valence-electron chi connectivity index (χ0n) is 24.6. The van der Waals surface area contributed by atoms with Gasteiger partial charge in [0.25, 0.3) is 0 Å². The number of hydrogen-bond acceptors (Lipinski definition) is 8. The Morgan fingerprint density at radius 3 is 1.57 bits per heavy atom. The third kappa shape index (κ3) is 5.65. The van der Waals surface area contributed by atoms with E-state index in [2.05, 4.69) is 31.2 Å². The number of benzene rings is 2. The molecule has 4 aromatic rings. The molecule has 0 bridgehead atoms. The Kier molecular flexibility index (Phi) is 8.36. The van der Waals surface area contributed by atoms with Crippen LogP contribution < -0.4 is 21.3 Å². The van der Waals surface area contributed by atoms with Gasteiger partial charge in [-0.25, -0.2) is 9.59 Å². The van der Waals surface area contributed by atoms with Crippen LogP contribution in [0.25, 0.3) is 21.8 Å². The second-order valence-electron chi connectivity index (χ2n) is 11.3. The minimum atomic E-state index is -1.05. The molecule has 4 unspecified atom stereocenters. The van der Waals surface area contributed by atoms with E-state index in [9.17, 15) is 19.2 Å². The first-order chi connectivity index (χ1) is 21.4. The Morgan fingerprint density at radius 2 is 1.18 bits per heavy atom. The summed E-state index contributed by atoms with van der Waals surface area (Å²) in [5.74, 6) is -2.11. The predicted octanol–water partition coefficient (Wildman–Crippen LogP) is 3.50. The van der Waals surface area contributed by atoms with Crippen LogP contribution in [0.15, 0.2) is 36.4 Å². The summed E-state index contributed by atoms with van der Waals surface area (Å²) in [5.41, 5.74) is 6.45. The zero-order chi connectivity index (χ0) is 30.8. The van der Waals surface area contributed by atoms with Crippen LogP contribution in [-0.4, -0.2) is 59.9 Å². The third-order valence-corrected chi connectivity index (χ3v) is 8.52. The SMILES string of the molecule is CCNC1Cc2c([nH]c3ccc(NC=O)cc23)C(OC(=O)C(=O)OC2CC(NCC)Cc3c2[nH]c2ccc(NC=O)cc32)C1. The lowest BCUT2D eigenvalue weighted by Gasteiger charge is -2.31. The fourth-order valence-corrected chi connectivity index (χ4v) is 6.71. The number of likely N-dealkylation sites (N-methyl/N-ethyl adjacent to an activating group) is 2. The number of aromatic amines is 2. The summed E-state index contributed by atoms with van der Waals surface area (Å²) in [7, 11) is 0. The molecule has 0 radical (unpaired) electrons. The molecule has 4 atom stereocenters. The quantitative estimate of drug-likeness (QED) is 0.0914. The molecule has 0 fully saturated rings. The summed E-state index contributed by atoms with van der Waals surface area (Å²) < 4.78 is 11.7. The molecule has 2 aliphatic rings. The molecule has 44 heavy (non-hydrogen) atoms. The first-order valence-corrected chi connectivity index (χ1v) is 15.0. The van der Waals surface area contributed by atoms with Crippen molar-refractivity contribution in [1.29, 1.82) is 0 Å². The van der Waals surface area contributed by atoms with Gasteiger partial charge in [-0.05, 0) is 73.5 Å². The van der Waals surface area contributed by atoms with Crippen molar-refractivity contribution in [2.75, 3.05) is 23.7 Å². The summed E-state index contributed by atoms with van der Waals surface area (Å²) in [6.45, 7) is 5.49. The topological polar surface area (TPSA) is 166 Å². The van der Waals surface area contributed by atoms with E-state index < -0.39 is 24.1 Å². The van der Waals surface area contributed by atoms with Crippen molar-refractivity contribution in [3.8, 4) is 0 Å². The monoisotopic (exact) mass is 600 g/mol. The summed E-state index contributed by atoms with van der Waals surface area (Å²) in [6, 6.07) is 11.1. The van der Waals surface area contributed by atoms with Gasteiger partial charge in [0.05, 0.1) is 11.4 Å². The first-order valence-electron chi connectivity index (χ1n) is 15.0. The molecule has 0 aliphatic heterocycles. The van der Waals surface area contributed by atoms with Gasteiger partial charge in [-0.2, -0.15) is 0 Å². The first kappa shape index (κ1) is 29.4. The maximum absolute atomic E-state index is 13.3. The Hall–Kier alpha value is -4.68. The smallest absolute Gasteiger partial charge is 0.418 e. The average molecular weight is 601 g/mol. The molecule has 2 aromatic carbocycles. The van der Waals surface area contributed by atoms with Gasteiger partial charge in [0.2, 0.25) is 12.8 Å². The highest BCUT2D eigenvalue weighted by molar-refractivity contribution is 6.29. The van der Waals surface area contributed by atoms with E-state index in [1.807, 2.05) is 38.1 Å². The molecular weight excluding hydrogens is 564 g/mol. The predicted molar refractivity (Wildman–Crippen MR) is 165 cm³/mol. The number of fused-ring (bicyclic) bond motifs is 6. The number of nitrogens with one attached hydrogen (secondary N) is 6. The van der Waals surface area contributed by atoms with Gasteiger partial charge in [0.15, 0.2) is 0 Å². The molecule has 12 nitrogen and oxygen atoms in total. The van der Waals surface area contributed by atoms with Crippen molar-refractivity contribution >= 4 is 57.9 Å². The number of carbonyl (C=O) groups is 4. The Balaban J connectivity index is 1.25. The van der Waals surface area contributed by atoms with Crippen LogP contribution in [0, 0.1) is 0 Å². The lowest BCUT2D eigenvalue weighted by atomic mass is 9.89. The molecule has 0 spiro atoms. The van der Waals surface area contributed by atoms with Crippen LogP contribution in [0.5, 0.6) is 0 Å². The second-order valence-corrected chi connectivity index (χ2v) is 11.3. The fourth-order valence-electron chi connectivity index (χ4n) is 6.71. The number of aromatic nitrogens is 2. The molecule has 6 N–H and O–H groups in total. The summed E-state index contributed by atoms with van der Waals surface area (Å²) >= 11 is 0.